The largest absolute Gasteiger partial charge is 0.372 e. The Kier molecular flexibility index (Phi) is 4.78. The summed E-state index contributed by atoms with van der Waals surface area (Å²) in [6, 6.07) is 3.80. The summed E-state index contributed by atoms with van der Waals surface area (Å²) in [4.78, 5) is 27.8. The number of amides is 2. The highest BCUT2D eigenvalue weighted by Gasteiger charge is 2.40. The second-order valence-corrected chi connectivity index (χ2v) is 6.85. The van der Waals surface area contributed by atoms with Gasteiger partial charge in [0.05, 0.1) is 29.2 Å². The van der Waals surface area contributed by atoms with Gasteiger partial charge in [-0.05, 0) is 31.0 Å². The molecule has 2 saturated heterocycles. The summed E-state index contributed by atoms with van der Waals surface area (Å²) >= 11 is 5.99. The van der Waals surface area contributed by atoms with Gasteiger partial charge in [0, 0.05) is 26.7 Å². The topological polar surface area (TPSA) is 49.9 Å². The van der Waals surface area contributed by atoms with Crippen LogP contribution >= 0.6 is 11.6 Å². The molecule has 0 radical (unpaired) electrons. The number of rotatable bonds is 1. The van der Waals surface area contributed by atoms with Crippen LogP contribution in [0, 0.1) is 5.82 Å². The number of halogens is 2. The smallest absolute Gasteiger partial charge is 0.255 e. The molecule has 24 heavy (non-hydrogen) atoms. The van der Waals surface area contributed by atoms with Gasteiger partial charge in [0.15, 0.2) is 0 Å². The summed E-state index contributed by atoms with van der Waals surface area (Å²) in [6.45, 7) is 2.01. The maximum Gasteiger partial charge on any atom is 0.255 e. The third-order valence-electron chi connectivity index (χ3n) is 4.80. The van der Waals surface area contributed by atoms with E-state index < -0.39 is 5.82 Å². The van der Waals surface area contributed by atoms with Crippen molar-refractivity contribution in [2.24, 2.45) is 0 Å². The molecule has 2 heterocycles. The minimum absolute atomic E-state index is 0.0866. The van der Waals surface area contributed by atoms with Crippen LogP contribution in [0.25, 0.3) is 0 Å². The molecule has 2 fully saturated rings. The van der Waals surface area contributed by atoms with Crippen molar-refractivity contribution < 1.29 is 18.7 Å². The van der Waals surface area contributed by atoms with Crippen LogP contribution in [0.2, 0.25) is 5.02 Å². The zero-order chi connectivity index (χ0) is 17.3. The molecule has 0 saturated carbocycles. The van der Waals surface area contributed by atoms with Crippen LogP contribution in [0.5, 0.6) is 0 Å². The van der Waals surface area contributed by atoms with E-state index in [-0.39, 0.29) is 22.4 Å². The van der Waals surface area contributed by atoms with E-state index in [0.717, 1.165) is 6.07 Å². The Morgan fingerprint density at radius 2 is 2.04 bits per heavy atom. The van der Waals surface area contributed by atoms with Gasteiger partial charge < -0.3 is 14.5 Å². The fourth-order valence-electron chi connectivity index (χ4n) is 3.36. The first kappa shape index (κ1) is 17.2. The van der Waals surface area contributed by atoms with Crippen LogP contribution in [-0.2, 0) is 9.53 Å². The van der Waals surface area contributed by atoms with Crippen LogP contribution in [0.15, 0.2) is 18.2 Å². The van der Waals surface area contributed by atoms with Crippen molar-refractivity contribution in [3.63, 3.8) is 0 Å². The molecule has 0 N–H and O–H groups in total. The number of piperidine rings is 1. The molecule has 1 aromatic carbocycles. The molecular formula is C17H20ClFN2O3. The lowest BCUT2D eigenvalue weighted by Crippen LogP contribution is -2.52. The summed E-state index contributed by atoms with van der Waals surface area (Å²) in [7, 11) is 1.79. The standard InChI is InChI=1S/C17H20ClFN2O3/c1-20-11-17(24-9-4-15(20)22)5-7-21(8-6-17)16(23)13-3-2-12(19)10-14(13)18/h2-3,10H,4-9,11H2,1H3. The number of hydrogen-bond donors (Lipinski definition) is 0. The van der Waals surface area contributed by atoms with Crippen molar-refractivity contribution in [3.05, 3.63) is 34.6 Å². The number of ether oxygens (including phenoxy) is 1. The van der Waals surface area contributed by atoms with E-state index in [1.807, 2.05) is 0 Å². The molecule has 1 aromatic rings. The van der Waals surface area contributed by atoms with Crippen molar-refractivity contribution in [1.29, 1.82) is 0 Å². The molecule has 2 aliphatic rings. The van der Waals surface area contributed by atoms with Crippen LogP contribution in [0.1, 0.15) is 29.6 Å². The summed E-state index contributed by atoms with van der Waals surface area (Å²) in [5, 5.41) is 0.122. The average molecular weight is 355 g/mol. The molecule has 0 aliphatic carbocycles. The Morgan fingerprint density at radius 1 is 1.33 bits per heavy atom. The molecule has 1 spiro atoms. The fourth-order valence-corrected chi connectivity index (χ4v) is 3.61. The number of carbonyl (C=O) groups is 2. The van der Waals surface area contributed by atoms with E-state index in [4.69, 9.17) is 16.3 Å². The van der Waals surface area contributed by atoms with Gasteiger partial charge in [-0.15, -0.1) is 0 Å². The molecule has 2 amide bonds. The lowest BCUT2D eigenvalue weighted by atomic mass is 9.90. The maximum atomic E-state index is 13.1. The van der Waals surface area contributed by atoms with E-state index in [0.29, 0.717) is 51.1 Å². The SMILES string of the molecule is CN1CC2(CCN(C(=O)c3ccc(F)cc3Cl)CC2)OCCC1=O. The van der Waals surface area contributed by atoms with E-state index in [1.165, 1.54) is 12.1 Å². The summed E-state index contributed by atoms with van der Waals surface area (Å²) in [6.07, 6.45) is 1.72. The minimum Gasteiger partial charge on any atom is -0.372 e. The summed E-state index contributed by atoms with van der Waals surface area (Å²) in [5.74, 6) is -0.579. The molecule has 0 atom stereocenters. The number of nitrogens with zero attached hydrogens (tertiary/aromatic N) is 2. The number of carbonyl (C=O) groups excluding carboxylic acids is 2. The third-order valence-corrected chi connectivity index (χ3v) is 5.11. The van der Waals surface area contributed by atoms with Gasteiger partial charge in [-0.25, -0.2) is 4.39 Å². The van der Waals surface area contributed by atoms with Crippen molar-refractivity contribution >= 4 is 23.4 Å². The molecular weight excluding hydrogens is 335 g/mol. The molecule has 5 nitrogen and oxygen atoms in total. The Hall–Kier alpha value is -1.66. The number of benzene rings is 1. The van der Waals surface area contributed by atoms with Crippen molar-refractivity contribution in [2.45, 2.75) is 24.9 Å². The second kappa shape index (κ2) is 6.69. The van der Waals surface area contributed by atoms with Gasteiger partial charge in [-0.2, -0.15) is 0 Å². The maximum absolute atomic E-state index is 13.1. The number of likely N-dealkylation sites (N-methyl/N-ethyl adjacent to an activating group) is 1. The molecule has 2 aliphatic heterocycles. The lowest BCUT2D eigenvalue weighted by Gasteiger charge is -2.42. The van der Waals surface area contributed by atoms with Gasteiger partial charge in [-0.1, -0.05) is 11.6 Å². The van der Waals surface area contributed by atoms with Crippen LogP contribution < -0.4 is 0 Å². The molecule has 0 bridgehead atoms. The zero-order valence-corrected chi connectivity index (χ0v) is 14.3. The minimum atomic E-state index is -0.464. The first-order valence-electron chi connectivity index (χ1n) is 8.02. The summed E-state index contributed by atoms with van der Waals surface area (Å²) < 4.78 is 19.1. The van der Waals surface area contributed by atoms with Crippen molar-refractivity contribution in [3.8, 4) is 0 Å². The highest BCUT2D eigenvalue weighted by molar-refractivity contribution is 6.33. The van der Waals surface area contributed by atoms with Gasteiger partial charge >= 0.3 is 0 Å². The Labute approximate surface area is 145 Å². The predicted octanol–water partition coefficient (Wildman–Crippen LogP) is 2.33. The van der Waals surface area contributed by atoms with Gasteiger partial charge in [0.1, 0.15) is 5.82 Å². The Bertz CT molecular complexity index is 659. The van der Waals surface area contributed by atoms with Gasteiger partial charge in [-0.3, -0.25) is 9.59 Å². The first-order valence-corrected chi connectivity index (χ1v) is 8.40. The van der Waals surface area contributed by atoms with Gasteiger partial charge in [0.2, 0.25) is 5.91 Å². The normalized spacial score (nSPS) is 21.0. The van der Waals surface area contributed by atoms with Crippen molar-refractivity contribution in [2.75, 3.05) is 33.3 Å². The van der Waals surface area contributed by atoms with E-state index in [1.54, 1.807) is 16.8 Å². The fraction of sp³-hybridized carbons (Fsp3) is 0.529. The van der Waals surface area contributed by atoms with Crippen LogP contribution in [-0.4, -0.2) is 60.5 Å². The lowest BCUT2D eigenvalue weighted by molar-refractivity contribution is -0.130. The quantitative estimate of drug-likeness (QED) is 0.777. The molecule has 7 heteroatoms. The second-order valence-electron chi connectivity index (χ2n) is 6.45. The van der Waals surface area contributed by atoms with Crippen molar-refractivity contribution in [1.82, 2.24) is 9.80 Å². The number of likely N-dealkylation sites (tertiary alicyclic amines) is 1. The third kappa shape index (κ3) is 3.39. The first-order chi connectivity index (χ1) is 11.4. The zero-order valence-electron chi connectivity index (χ0n) is 13.6. The number of hydrogen-bond acceptors (Lipinski definition) is 3. The molecule has 0 aromatic heterocycles. The average Bonchev–Trinajstić information content (AvgIpc) is 2.67. The summed E-state index contributed by atoms with van der Waals surface area (Å²) in [5.41, 5.74) is -0.0762. The van der Waals surface area contributed by atoms with Crippen LogP contribution in [0.4, 0.5) is 4.39 Å². The van der Waals surface area contributed by atoms with E-state index >= 15 is 0 Å². The highest BCUT2D eigenvalue weighted by atomic mass is 35.5. The van der Waals surface area contributed by atoms with Gasteiger partial charge in [0.25, 0.3) is 5.91 Å². The molecule has 130 valence electrons. The van der Waals surface area contributed by atoms with Crippen LogP contribution in [0.3, 0.4) is 0 Å². The Morgan fingerprint density at radius 3 is 2.71 bits per heavy atom. The Balaban J connectivity index is 1.68. The molecule has 0 unspecified atom stereocenters. The highest BCUT2D eigenvalue weighted by Crippen LogP contribution is 2.31. The monoisotopic (exact) mass is 354 g/mol. The predicted molar refractivity (Wildman–Crippen MR) is 87.5 cm³/mol. The molecule has 3 rings (SSSR count). The van der Waals surface area contributed by atoms with E-state index in [9.17, 15) is 14.0 Å². The van der Waals surface area contributed by atoms with E-state index in [2.05, 4.69) is 0 Å².